The van der Waals surface area contributed by atoms with E-state index in [4.69, 9.17) is 11.6 Å². The molecule has 1 aromatic carbocycles. The molecule has 0 radical (unpaired) electrons. The molecule has 0 aliphatic carbocycles. The lowest BCUT2D eigenvalue weighted by Gasteiger charge is -2.18. The van der Waals surface area contributed by atoms with Crippen LogP contribution in [-0.4, -0.2) is 16.6 Å². The molecule has 1 aromatic rings. The number of carbonyl (C=O) groups excluding carboxylic acids is 1. The Bertz CT molecular complexity index is 399. The van der Waals surface area contributed by atoms with Gasteiger partial charge in [-0.15, -0.1) is 0 Å². The van der Waals surface area contributed by atoms with E-state index in [0.717, 1.165) is 11.1 Å². The fourth-order valence-electron chi connectivity index (χ4n) is 1.34. The van der Waals surface area contributed by atoms with E-state index < -0.39 is 11.5 Å². The van der Waals surface area contributed by atoms with Gasteiger partial charge in [0, 0.05) is 0 Å². The highest BCUT2D eigenvalue weighted by Crippen LogP contribution is 2.27. The summed E-state index contributed by atoms with van der Waals surface area (Å²) >= 11 is 6.03. The molecule has 0 spiro atoms. The molecule has 0 aromatic heterocycles. The SMILES string of the molecule is Cc1cc(C)c(NC(=O)C(C)(C)O)c(Cl)c1. The lowest BCUT2D eigenvalue weighted by molar-refractivity contribution is -0.130. The highest BCUT2D eigenvalue weighted by Gasteiger charge is 2.24. The van der Waals surface area contributed by atoms with Crippen molar-refractivity contribution in [3.05, 3.63) is 28.3 Å². The van der Waals surface area contributed by atoms with Crippen molar-refractivity contribution >= 4 is 23.2 Å². The van der Waals surface area contributed by atoms with E-state index in [0.29, 0.717) is 10.7 Å². The van der Waals surface area contributed by atoms with Gasteiger partial charge in [-0.25, -0.2) is 0 Å². The summed E-state index contributed by atoms with van der Waals surface area (Å²) in [4.78, 5) is 11.6. The van der Waals surface area contributed by atoms with E-state index in [9.17, 15) is 9.90 Å². The molecule has 0 aliphatic rings. The first-order valence-electron chi connectivity index (χ1n) is 5.02. The van der Waals surface area contributed by atoms with Crippen molar-refractivity contribution in [2.24, 2.45) is 0 Å². The number of halogens is 1. The quantitative estimate of drug-likeness (QED) is 0.836. The van der Waals surface area contributed by atoms with Crippen molar-refractivity contribution in [1.82, 2.24) is 0 Å². The normalized spacial score (nSPS) is 11.4. The fourth-order valence-corrected chi connectivity index (χ4v) is 1.71. The van der Waals surface area contributed by atoms with Crippen molar-refractivity contribution in [3.8, 4) is 0 Å². The summed E-state index contributed by atoms with van der Waals surface area (Å²) in [5, 5.41) is 12.6. The van der Waals surface area contributed by atoms with Crippen LogP contribution in [0.25, 0.3) is 0 Å². The number of carbonyl (C=O) groups is 1. The molecule has 4 heteroatoms. The number of aliphatic hydroxyl groups is 1. The van der Waals surface area contributed by atoms with E-state index in [2.05, 4.69) is 5.32 Å². The molecule has 0 saturated heterocycles. The van der Waals surface area contributed by atoms with Gasteiger partial charge in [0.25, 0.3) is 5.91 Å². The van der Waals surface area contributed by atoms with Crippen LogP contribution in [0.5, 0.6) is 0 Å². The van der Waals surface area contributed by atoms with Crippen LogP contribution in [0.4, 0.5) is 5.69 Å². The molecule has 0 fully saturated rings. The van der Waals surface area contributed by atoms with Crippen LogP contribution in [0, 0.1) is 13.8 Å². The van der Waals surface area contributed by atoms with Gasteiger partial charge in [0.1, 0.15) is 5.60 Å². The van der Waals surface area contributed by atoms with Crippen molar-refractivity contribution in [2.45, 2.75) is 33.3 Å². The Morgan fingerprint density at radius 1 is 1.38 bits per heavy atom. The van der Waals surface area contributed by atoms with Gasteiger partial charge in [0.15, 0.2) is 0 Å². The maximum atomic E-state index is 11.6. The standard InChI is InChI=1S/C12H16ClNO2/c1-7-5-8(2)10(9(13)6-7)14-11(15)12(3,4)16/h5-6,16H,1-4H3,(H,14,15). The summed E-state index contributed by atoms with van der Waals surface area (Å²) in [5.74, 6) is -0.471. The van der Waals surface area contributed by atoms with Crippen molar-refractivity contribution in [3.63, 3.8) is 0 Å². The number of benzene rings is 1. The highest BCUT2D eigenvalue weighted by atomic mass is 35.5. The largest absolute Gasteiger partial charge is 0.381 e. The average molecular weight is 242 g/mol. The minimum Gasteiger partial charge on any atom is -0.381 e. The maximum absolute atomic E-state index is 11.6. The van der Waals surface area contributed by atoms with Gasteiger partial charge < -0.3 is 10.4 Å². The smallest absolute Gasteiger partial charge is 0.255 e. The Morgan fingerprint density at radius 3 is 2.38 bits per heavy atom. The Kier molecular flexibility index (Phi) is 3.61. The molecule has 1 amide bonds. The predicted molar refractivity (Wildman–Crippen MR) is 65.9 cm³/mol. The van der Waals surface area contributed by atoms with Crippen LogP contribution in [-0.2, 0) is 4.79 Å². The van der Waals surface area contributed by atoms with Gasteiger partial charge in [-0.3, -0.25) is 4.79 Å². The summed E-state index contributed by atoms with van der Waals surface area (Å²) in [6.07, 6.45) is 0. The maximum Gasteiger partial charge on any atom is 0.255 e. The van der Waals surface area contributed by atoms with Crippen LogP contribution in [0.2, 0.25) is 5.02 Å². The Labute approximate surface area is 100 Å². The first kappa shape index (κ1) is 13.0. The third kappa shape index (κ3) is 2.97. The number of aryl methyl sites for hydroxylation is 2. The Morgan fingerprint density at radius 2 is 1.94 bits per heavy atom. The minimum atomic E-state index is -1.42. The molecule has 3 nitrogen and oxygen atoms in total. The van der Waals surface area contributed by atoms with E-state index in [1.165, 1.54) is 13.8 Å². The van der Waals surface area contributed by atoms with E-state index in [-0.39, 0.29) is 0 Å². The van der Waals surface area contributed by atoms with E-state index in [1.54, 1.807) is 6.07 Å². The lowest BCUT2D eigenvalue weighted by Crippen LogP contribution is -2.36. The summed E-state index contributed by atoms with van der Waals surface area (Å²) in [5.41, 5.74) is 1.05. The molecule has 0 atom stereocenters. The summed E-state index contributed by atoms with van der Waals surface area (Å²) < 4.78 is 0. The predicted octanol–water partition coefficient (Wildman–Crippen LogP) is 2.67. The molecule has 2 N–H and O–H groups in total. The fraction of sp³-hybridized carbons (Fsp3) is 0.417. The molecule has 0 bridgehead atoms. The van der Waals surface area contributed by atoms with Crippen LogP contribution in [0.3, 0.4) is 0 Å². The third-order valence-electron chi connectivity index (χ3n) is 2.23. The van der Waals surface area contributed by atoms with Crippen LogP contribution in [0.1, 0.15) is 25.0 Å². The molecular weight excluding hydrogens is 226 g/mol. The number of amides is 1. The van der Waals surface area contributed by atoms with Crippen LogP contribution in [0.15, 0.2) is 12.1 Å². The second-order valence-corrected chi connectivity index (χ2v) is 4.86. The molecular formula is C12H16ClNO2. The molecule has 1 rings (SSSR count). The van der Waals surface area contributed by atoms with Gasteiger partial charge in [0.2, 0.25) is 0 Å². The Hall–Kier alpha value is -1.06. The molecule has 0 unspecified atom stereocenters. The van der Waals surface area contributed by atoms with Crippen molar-refractivity contribution < 1.29 is 9.90 Å². The zero-order valence-corrected chi connectivity index (χ0v) is 10.6. The minimum absolute atomic E-state index is 0.471. The van der Waals surface area contributed by atoms with Crippen molar-refractivity contribution in [1.29, 1.82) is 0 Å². The zero-order valence-electron chi connectivity index (χ0n) is 9.89. The highest BCUT2D eigenvalue weighted by molar-refractivity contribution is 6.34. The number of anilines is 1. The summed E-state index contributed by atoms with van der Waals surface area (Å²) in [6.45, 7) is 6.65. The second kappa shape index (κ2) is 4.44. The van der Waals surface area contributed by atoms with Crippen molar-refractivity contribution in [2.75, 3.05) is 5.32 Å². The second-order valence-electron chi connectivity index (χ2n) is 4.45. The van der Waals surface area contributed by atoms with Gasteiger partial charge in [-0.1, -0.05) is 17.7 Å². The summed E-state index contributed by atoms with van der Waals surface area (Å²) in [7, 11) is 0. The molecule has 0 aliphatic heterocycles. The number of hydrogen-bond donors (Lipinski definition) is 2. The average Bonchev–Trinajstić information content (AvgIpc) is 2.08. The first-order chi connectivity index (χ1) is 7.21. The van der Waals surface area contributed by atoms with E-state index >= 15 is 0 Å². The van der Waals surface area contributed by atoms with Gasteiger partial charge >= 0.3 is 0 Å². The van der Waals surface area contributed by atoms with E-state index in [1.807, 2.05) is 19.9 Å². The van der Waals surface area contributed by atoms with Gasteiger partial charge in [-0.2, -0.15) is 0 Å². The Balaban J connectivity index is 3.03. The van der Waals surface area contributed by atoms with Crippen LogP contribution < -0.4 is 5.32 Å². The van der Waals surface area contributed by atoms with Crippen LogP contribution >= 0.6 is 11.6 Å². The number of rotatable bonds is 2. The zero-order chi connectivity index (χ0) is 12.5. The van der Waals surface area contributed by atoms with Gasteiger partial charge in [0.05, 0.1) is 10.7 Å². The lowest BCUT2D eigenvalue weighted by atomic mass is 10.1. The topological polar surface area (TPSA) is 49.3 Å². The van der Waals surface area contributed by atoms with Gasteiger partial charge in [-0.05, 0) is 44.9 Å². The molecule has 0 saturated carbocycles. The number of nitrogens with one attached hydrogen (secondary N) is 1. The third-order valence-corrected chi connectivity index (χ3v) is 2.52. The molecule has 16 heavy (non-hydrogen) atoms. The molecule has 0 heterocycles. The summed E-state index contributed by atoms with van der Waals surface area (Å²) in [6, 6.07) is 3.69. The molecule has 88 valence electrons. The number of hydrogen-bond acceptors (Lipinski definition) is 2. The first-order valence-corrected chi connectivity index (χ1v) is 5.40. The monoisotopic (exact) mass is 241 g/mol.